The molecule has 0 radical (unpaired) electrons. The molecule has 0 saturated heterocycles. The van der Waals surface area contributed by atoms with Crippen molar-refractivity contribution in [3.63, 3.8) is 0 Å². The molecule has 0 N–H and O–H groups in total. The number of hydrogen-bond acceptors (Lipinski definition) is 3. The van der Waals surface area contributed by atoms with E-state index >= 15 is 0 Å². The molecular formula is C19H27NO2Si. The van der Waals surface area contributed by atoms with Gasteiger partial charge >= 0.3 is 9.28 Å². The summed E-state index contributed by atoms with van der Waals surface area (Å²) >= 11 is 0. The maximum atomic E-state index is 5.73. The molecule has 1 unspecified atom stereocenters. The van der Waals surface area contributed by atoms with Crippen LogP contribution in [0.1, 0.15) is 24.5 Å². The van der Waals surface area contributed by atoms with Crippen LogP contribution in [0, 0.1) is 13.8 Å². The minimum atomic E-state index is -1.82. The molecular weight excluding hydrogens is 302 g/mol. The first-order valence-electron chi connectivity index (χ1n) is 8.10. The third-order valence-electron chi connectivity index (χ3n) is 4.28. The largest absolute Gasteiger partial charge is 0.399 e. The van der Waals surface area contributed by atoms with E-state index in [0.29, 0.717) is 0 Å². The Morgan fingerprint density at radius 3 is 1.65 bits per heavy atom. The first kappa shape index (κ1) is 17.7. The molecule has 2 aromatic rings. The summed E-state index contributed by atoms with van der Waals surface area (Å²) in [5.74, 6) is 0. The lowest BCUT2D eigenvalue weighted by atomic mass is 10.1. The van der Waals surface area contributed by atoms with Gasteiger partial charge in [-0.05, 0) is 43.5 Å². The van der Waals surface area contributed by atoms with E-state index in [1.165, 1.54) is 22.5 Å². The molecule has 0 amide bonds. The Morgan fingerprint density at radius 1 is 0.870 bits per heavy atom. The highest BCUT2D eigenvalue weighted by Crippen LogP contribution is 2.34. The van der Waals surface area contributed by atoms with Gasteiger partial charge in [0, 0.05) is 25.6 Å². The summed E-state index contributed by atoms with van der Waals surface area (Å²) < 4.78 is 11.5. The predicted molar refractivity (Wildman–Crippen MR) is 99.7 cm³/mol. The second-order valence-corrected chi connectivity index (χ2v) is 8.21. The van der Waals surface area contributed by atoms with Gasteiger partial charge in [-0.15, -0.1) is 0 Å². The molecule has 0 saturated carbocycles. The monoisotopic (exact) mass is 329 g/mol. The maximum absolute atomic E-state index is 5.73. The van der Waals surface area contributed by atoms with Crippen molar-refractivity contribution in [3.8, 4) is 0 Å². The number of anilines is 2. The number of rotatable bonds is 7. The average molecular weight is 330 g/mol. The van der Waals surface area contributed by atoms with Gasteiger partial charge in [0.2, 0.25) is 0 Å². The quantitative estimate of drug-likeness (QED) is 0.708. The number of aryl methyl sites for hydroxylation is 2. The van der Waals surface area contributed by atoms with E-state index in [-0.39, 0.29) is 5.67 Å². The molecule has 3 nitrogen and oxygen atoms in total. The second-order valence-electron chi connectivity index (χ2n) is 5.76. The Kier molecular flexibility index (Phi) is 6.39. The zero-order chi connectivity index (χ0) is 16.8. The molecule has 0 spiro atoms. The fourth-order valence-electron chi connectivity index (χ4n) is 3.06. The molecule has 1 atom stereocenters. The summed E-state index contributed by atoms with van der Waals surface area (Å²) in [6.45, 7) is 6.51. The normalized spacial score (nSPS) is 12.4. The molecule has 0 fully saturated rings. The highest BCUT2D eigenvalue weighted by atomic mass is 28.3. The van der Waals surface area contributed by atoms with Crippen molar-refractivity contribution in [2.75, 3.05) is 19.1 Å². The van der Waals surface area contributed by atoms with E-state index in [1.807, 2.05) is 0 Å². The summed E-state index contributed by atoms with van der Waals surface area (Å²) in [4.78, 5) is 2.41. The van der Waals surface area contributed by atoms with E-state index in [0.717, 1.165) is 6.42 Å². The van der Waals surface area contributed by atoms with E-state index < -0.39 is 9.28 Å². The Morgan fingerprint density at radius 2 is 1.30 bits per heavy atom. The number of nitrogens with zero attached hydrogens (tertiary/aromatic N) is 1. The minimum Gasteiger partial charge on any atom is -0.399 e. The van der Waals surface area contributed by atoms with Gasteiger partial charge in [0.25, 0.3) is 0 Å². The third-order valence-corrected chi connectivity index (χ3v) is 6.61. The van der Waals surface area contributed by atoms with Crippen LogP contribution < -0.4 is 4.90 Å². The van der Waals surface area contributed by atoms with E-state index in [1.54, 1.807) is 14.2 Å². The predicted octanol–water partition coefficient (Wildman–Crippen LogP) is 4.27. The van der Waals surface area contributed by atoms with Gasteiger partial charge in [-0.25, -0.2) is 0 Å². The van der Waals surface area contributed by atoms with Gasteiger partial charge in [0.05, 0.1) is 5.67 Å². The number of hydrogen-bond donors (Lipinski definition) is 0. The van der Waals surface area contributed by atoms with Crippen molar-refractivity contribution in [1.29, 1.82) is 0 Å². The molecule has 0 aliphatic carbocycles. The summed E-state index contributed by atoms with van der Waals surface area (Å²) in [5.41, 5.74) is 5.19. The minimum absolute atomic E-state index is 0.229. The number of benzene rings is 2. The van der Waals surface area contributed by atoms with Gasteiger partial charge in [-0.2, -0.15) is 0 Å². The van der Waals surface area contributed by atoms with Crippen LogP contribution in [0.3, 0.4) is 0 Å². The maximum Gasteiger partial charge on any atom is 0.344 e. The summed E-state index contributed by atoms with van der Waals surface area (Å²) in [6, 6.07) is 17.0. The van der Waals surface area contributed by atoms with Gasteiger partial charge in [0.1, 0.15) is 0 Å². The van der Waals surface area contributed by atoms with Crippen LogP contribution in [0.25, 0.3) is 0 Å². The van der Waals surface area contributed by atoms with Gasteiger partial charge < -0.3 is 13.8 Å². The summed E-state index contributed by atoms with van der Waals surface area (Å²) in [7, 11) is 1.70. The van der Waals surface area contributed by atoms with E-state index in [4.69, 9.17) is 8.85 Å². The molecule has 0 aliphatic rings. The van der Waals surface area contributed by atoms with Crippen molar-refractivity contribution in [3.05, 3.63) is 59.7 Å². The lowest BCUT2D eigenvalue weighted by Crippen LogP contribution is -2.47. The zero-order valence-electron chi connectivity index (χ0n) is 14.7. The van der Waals surface area contributed by atoms with Crippen molar-refractivity contribution >= 4 is 20.7 Å². The van der Waals surface area contributed by atoms with Crippen molar-refractivity contribution < 1.29 is 8.85 Å². The molecule has 23 heavy (non-hydrogen) atoms. The molecule has 0 aliphatic heterocycles. The fraction of sp³-hybridized carbons (Fsp3) is 0.368. The average Bonchev–Trinajstić information content (AvgIpc) is 2.57. The first-order chi connectivity index (χ1) is 11.1. The third kappa shape index (κ3) is 3.83. The highest BCUT2D eigenvalue weighted by Gasteiger charge is 2.31. The molecule has 124 valence electrons. The van der Waals surface area contributed by atoms with Crippen LogP contribution in [-0.2, 0) is 8.85 Å². The van der Waals surface area contributed by atoms with Crippen molar-refractivity contribution in [2.45, 2.75) is 32.9 Å². The van der Waals surface area contributed by atoms with Gasteiger partial charge in [-0.1, -0.05) is 43.3 Å². The lowest BCUT2D eigenvalue weighted by molar-refractivity contribution is 0.265. The SMILES string of the molecule is CCC(N(c1ccccc1C)c1ccccc1C)[SiH](OC)OC. The Bertz CT molecular complexity index is 583. The van der Waals surface area contributed by atoms with Crippen LogP contribution in [-0.4, -0.2) is 29.2 Å². The van der Waals surface area contributed by atoms with Gasteiger partial charge in [0.15, 0.2) is 0 Å². The van der Waals surface area contributed by atoms with Crippen LogP contribution in [0.2, 0.25) is 0 Å². The Balaban J connectivity index is 2.60. The summed E-state index contributed by atoms with van der Waals surface area (Å²) in [6.07, 6.45) is 0.973. The van der Waals surface area contributed by atoms with Crippen LogP contribution in [0.15, 0.2) is 48.5 Å². The van der Waals surface area contributed by atoms with Crippen molar-refractivity contribution in [2.24, 2.45) is 0 Å². The molecule has 0 aromatic heterocycles. The standard InChI is InChI=1S/C19H27NO2Si/c1-6-19(23(21-4)22-5)20(17-13-9-7-11-15(17)2)18-14-10-8-12-16(18)3/h7-14,19,23H,6H2,1-5H3. The fourth-order valence-corrected chi connectivity index (χ4v) is 4.83. The summed E-state index contributed by atoms with van der Waals surface area (Å²) in [5, 5.41) is 0. The van der Waals surface area contributed by atoms with Crippen LogP contribution in [0.5, 0.6) is 0 Å². The topological polar surface area (TPSA) is 21.7 Å². The molecule has 2 aromatic carbocycles. The molecule has 0 bridgehead atoms. The van der Waals surface area contributed by atoms with Crippen molar-refractivity contribution in [1.82, 2.24) is 0 Å². The second kappa shape index (κ2) is 8.29. The van der Waals surface area contributed by atoms with E-state index in [2.05, 4.69) is 74.2 Å². The molecule has 0 heterocycles. The first-order valence-corrected chi connectivity index (χ1v) is 9.71. The lowest BCUT2D eigenvalue weighted by Gasteiger charge is -2.37. The van der Waals surface area contributed by atoms with Gasteiger partial charge in [-0.3, -0.25) is 0 Å². The molecule has 2 rings (SSSR count). The number of para-hydroxylation sites is 2. The Hall–Kier alpha value is -1.62. The highest BCUT2D eigenvalue weighted by molar-refractivity contribution is 6.47. The smallest absolute Gasteiger partial charge is 0.344 e. The zero-order valence-corrected chi connectivity index (χ0v) is 15.9. The van der Waals surface area contributed by atoms with Crippen LogP contribution >= 0.6 is 0 Å². The van der Waals surface area contributed by atoms with E-state index in [9.17, 15) is 0 Å². The Labute approximate surface area is 141 Å². The molecule has 4 heteroatoms. The van der Waals surface area contributed by atoms with Crippen LogP contribution in [0.4, 0.5) is 11.4 Å².